The molecule has 3 N–H and O–H groups in total. The van der Waals surface area contributed by atoms with Crippen molar-refractivity contribution in [2.24, 2.45) is 10.7 Å². The summed E-state index contributed by atoms with van der Waals surface area (Å²) in [5.74, 6) is 2.01. The van der Waals surface area contributed by atoms with E-state index in [0.29, 0.717) is 19.0 Å². The molecule has 0 unspecified atom stereocenters. The molecular weight excluding hydrogens is 434 g/mol. The second-order valence-electron chi connectivity index (χ2n) is 7.56. The maximum Gasteiger partial charge on any atom is 0.300 e. The minimum Gasteiger partial charge on any atom is -0.497 e. The van der Waals surface area contributed by atoms with Gasteiger partial charge in [0.1, 0.15) is 17.2 Å². The van der Waals surface area contributed by atoms with Crippen molar-refractivity contribution in [3.05, 3.63) is 71.8 Å². The molecule has 8 heteroatoms. The van der Waals surface area contributed by atoms with Gasteiger partial charge < -0.3 is 30.0 Å². The number of nitrogens with two attached hydrogens (primary N) is 1. The number of methoxy groups -OCH3 is 3. The fourth-order valence-electron chi connectivity index (χ4n) is 3.66. The molecule has 34 heavy (non-hydrogen) atoms. The van der Waals surface area contributed by atoms with Crippen LogP contribution in [0.4, 0.5) is 5.69 Å². The van der Waals surface area contributed by atoms with Gasteiger partial charge in [0.05, 0.1) is 39.1 Å². The number of hydrogen-bond donors (Lipinski definition) is 2. The second-order valence-corrected chi connectivity index (χ2v) is 7.56. The first-order valence-electron chi connectivity index (χ1n) is 10.6. The number of nitrogens with zero attached hydrogens (tertiary/aromatic N) is 2. The third-order valence-electron chi connectivity index (χ3n) is 5.31. The maximum absolute atomic E-state index is 9.00. The van der Waals surface area contributed by atoms with Gasteiger partial charge in [-0.15, -0.1) is 0 Å². The fourth-order valence-corrected chi connectivity index (χ4v) is 3.66. The highest BCUT2D eigenvalue weighted by Gasteiger charge is 2.21. The Bertz CT molecular complexity index is 1150. The van der Waals surface area contributed by atoms with Crippen molar-refractivity contribution in [1.82, 2.24) is 4.90 Å². The highest BCUT2D eigenvalue weighted by Crippen LogP contribution is 2.34. The Labute approximate surface area is 199 Å². The Kier molecular flexibility index (Phi) is 7.97. The zero-order valence-electron chi connectivity index (χ0n) is 19.7. The van der Waals surface area contributed by atoms with Crippen molar-refractivity contribution in [3.63, 3.8) is 0 Å². The van der Waals surface area contributed by atoms with Crippen molar-refractivity contribution in [2.45, 2.75) is 20.0 Å². The number of carbonyl (C=O) groups is 1. The molecule has 0 saturated heterocycles. The van der Waals surface area contributed by atoms with E-state index in [1.165, 1.54) is 0 Å². The van der Waals surface area contributed by atoms with Crippen molar-refractivity contribution in [1.29, 1.82) is 0 Å². The molecule has 4 rings (SSSR count). The molecule has 0 saturated carbocycles. The third-order valence-corrected chi connectivity index (χ3v) is 5.31. The number of hydrogen-bond acceptors (Lipinski definition) is 7. The molecule has 3 aromatic rings. The van der Waals surface area contributed by atoms with Crippen LogP contribution in [0.1, 0.15) is 18.1 Å². The number of carboxylic acids is 1. The lowest BCUT2D eigenvalue weighted by molar-refractivity contribution is -0.134. The predicted octanol–water partition coefficient (Wildman–Crippen LogP) is 4.43. The van der Waals surface area contributed by atoms with Crippen LogP contribution in [0.25, 0.3) is 11.1 Å². The van der Waals surface area contributed by atoms with Crippen LogP contribution in [-0.2, 0) is 17.9 Å². The number of carboxylic acid groups (broad SMARTS) is 1. The van der Waals surface area contributed by atoms with Gasteiger partial charge in [-0.3, -0.25) is 4.79 Å². The highest BCUT2D eigenvalue weighted by molar-refractivity contribution is 5.85. The van der Waals surface area contributed by atoms with Crippen molar-refractivity contribution in [2.75, 3.05) is 21.3 Å². The first-order valence-corrected chi connectivity index (χ1v) is 10.6. The van der Waals surface area contributed by atoms with Crippen LogP contribution in [0.2, 0.25) is 0 Å². The number of benzene rings is 3. The number of aliphatic imine (C=N–C) groups is 1. The molecular formula is C26H29N3O5. The summed E-state index contributed by atoms with van der Waals surface area (Å²) in [5, 5.41) is 7.42. The summed E-state index contributed by atoms with van der Waals surface area (Å²) in [4.78, 5) is 15.7. The first kappa shape index (κ1) is 24.4. The SMILES string of the molecule is CC(=O)O.COc1ccc(-c2ccc3c(c2)N=C(N)N(Cc2c(OC)cccc2OC)C3)cc1. The Balaban J connectivity index is 0.000000751. The van der Waals surface area contributed by atoms with E-state index < -0.39 is 5.97 Å². The molecule has 1 aliphatic heterocycles. The zero-order valence-corrected chi connectivity index (χ0v) is 19.7. The van der Waals surface area contributed by atoms with Crippen LogP contribution in [0.3, 0.4) is 0 Å². The van der Waals surface area contributed by atoms with E-state index in [-0.39, 0.29) is 0 Å². The molecule has 0 aliphatic carbocycles. The maximum atomic E-state index is 9.00. The van der Waals surface area contributed by atoms with Crippen LogP contribution in [0, 0.1) is 0 Å². The van der Waals surface area contributed by atoms with Gasteiger partial charge in [0.25, 0.3) is 5.97 Å². The summed E-state index contributed by atoms with van der Waals surface area (Å²) < 4.78 is 16.3. The Hall–Kier alpha value is -4.20. The standard InChI is InChI=1S/C24H25N3O3.C2H4O2/c1-28-19-11-9-16(10-12-19)17-7-8-18-14-27(24(25)26-21(18)13-17)15-20-22(29-2)5-4-6-23(20)30-3;1-2(3)4/h4-13H,14-15H2,1-3H3,(H2,25,26);1H3,(H,3,4). The molecule has 8 nitrogen and oxygen atoms in total. The van der Waals surface area contributed by atoms with E-state index in [2.05, 4.69) is 23.2 Å². The number of ether oxygens (including phenoxy) is 3. The highest BCUT2D eigenvalue weighted by atomic mass is 16.5. The summed E-state index contributed by atoms with van der Waals surface area (Å²) in [6, 6.07) is 20.0. The Morgan fingerprint density at radius 1 is 0.971 bits per heavy atom. The van der Waals surface area contributed by atoms with Gasteiger partial charge in [-0.2, -0.15) is 0 Å². The smallest absolute Gasteiger partial charge is 0.300 e. The van der Waals surface area contributed by atoms with Crippen LogP contribution in [-0.4, -0.2) is 43.3 Å². The number of guanidine groups is 1. The van der Waals surface area contributed by atoms with E-state index in [1.807, 2.05) is 47.4 Å². The van der Waals surface area contributed by atoms with Crippen molar-refractivity contribution < 1.29 is 24.1 Å². The number of aliphatic carboxylic acids is 1. The quantitative estimate of drug-likeness (QED) is 0.557. The van der Waals surface area contributed by atoms with E-state index >= 15 is 0 Å². The molecule has 0 bridgehead atoms. The Morgan fingerprint density at radius 3 is 2.12 bits per heavy atom. The minimum atomic E-state index is -0.833. The van der Waals surface area contributed by atoms with Crippen LogP contribution >= 0.6 is 0 Å². The van der Waals surface area contributed by atoms with Crippen molar-refractivity contribution in [3.8, 4) is 28.4 Å². The summed E-state index contributed by atoms with van der Waals surface area (Å²) >= 11 is 0. The molecule has 0 fully saturated rings. The molecule has 3 aromatic carbocycles. The molecule has 0 aromatic heterocycles. The van der Waals surface area contributed by atoms with Crippen LogP contribution in [0.15, 0.2) is 65.7 Å². The number of rotatable bonds is 6. The largest absolute Gasteiger partial charge is 0.497 e. The van der Waals surface area contributed by atoms with Gasteiger partial charge in [0, 0.05) is 13.5 Å². The zero-order chi connectivity index (χ0) is 24.7. The van der Waals surface area contributed by atoms with Crippen molar-refractivity contribution >= 4 is 17.6 Å². The summed E-state index contributed by atoms with van der Waals surface area (Å²) in [6.07, 6.45) is 0. The van der Waals surface area contributed by atoms with Gasteiger partial charge in [-0.1, -0.05) is 30.3 Å². The second kappa shape index (κ2) is 11.1. The lowest BCUT2D eigenvalue weighted by Crippen LogP contribution is -2.38. The van der Waals surface area contributed by atoms with E-state index in [9.17, 15) is 0 Å². The first-order chi connectivity index (χ1) is 16.4. The van der Waals surface area contributed by atoms with Gasteiger partial charge in [0.15, 0.2) is 5.96 Å². The summed E-state index contributed by atoms with van der Waals surface area (Å²) in [6.45, 7) is 2.29. The molecule has 178 valence electrons. The van der Waals surface area contributed by atoms with Gasteiger partial charge >= 0.3 is 0 Å². The number of fused-ring (bicyclic) bond motifs is 1. The van der Waals surface area contributed by atoms with Gasteiger partial charge in [-0.25, -0.2) is 4.99 Å². The monoisotopic (exact) mass is 463 g/mol. The van der Waals surface area contributed by atoms with Gasteiger partial charge in [-0.05, 0) is 47.0 Å². The molecule has 0 radical (unpaired) electrons. The lowest BCUT2D eigenvalue weighted by atomic mass is 10.0. The molecule has 0 atom stereocenters. The van der Waals surface area contributed by atoms with Gasteiger partial charge in [0.2, 0.25) is 0 Å². The van der Waals surface area contributed by atoms with E-state index in [4.69, 9.17) is 29.8 Å². The topological polar surface area (TPSA) is 107 Å². The normalized spacial score (nSPS) is 12.0. The van der Waals surface area contributed by atoms with E-state index in [0.717, 1.165) is 52.1 Å². The summed E-state index contributed by atoms with van der Waals surface area (Å²) in [5.41, 5.74) is 11.5. The average Bonchev–Trinajstić information content (AvgIpc) is 2.84. The predicted molar refractivity (Wildman–Crippen MR) is 132 cm³/mol. The van der Waals surface area contributed by atoms with Crippen LogP contribution < -0.4 is 19.9 Å². The third kappa shape index (κ3) is 5.78. The molecule has 0 amide bonds. The molecule has 1 aliphatic rings. The summed E-state index contributed by atoms with van der Waals surface area (Å²) in [7, 11) is 4.97. The van der Waals surface area contributed by atoms with E-state index in [1.54, 1.807) is 21.3 Å². The minimum absolute atomic E-state index is 0.474. The fraction of sp³-hybridized carbons (Fsp3) is 0.231. The molecule has 1 heterocycles. The average molecular weight is 464 g/mol. The lowest BCUT2D eigenvalue weighted by Gasteiger charge is -2.29. The Morgan fingerprint density at radius 2 is 1.56 bits per heavy atom. The molecule has 0 spiro atoms. The van der Waals surface area contributed by atoms with Crippen LogP contribution in [0.5, 0.6) is 17.2 Å².